The van der Waals surface area contributed by atoms with E-state index in [0.29, 0.717) is 132 Å². The number of amides is 1. The van der Waals surface area contributed by atoms with E-state index in [-0.39, 0.29) is 22.8 Å². The lowest BCUT2D eigenvalue weighted by molar-refractivity contribution is 0.121. The Bertz CT molecular complexity index is 6030. The third-order valence-corrected chi connectivity index (χ3v) is 24.2. The monoisotopic (exact) mass is 1630 g/mol. The van der Waals surface area contributed by atoms with Gasteiger partial charge < -0.3 is 45.2 Å². The topological polar surface area (TPSA) is 283 Å². The van der Waals surface area contributed by atoms with Crippen molar-refractivity contribution in [3.05, 3.63) is 242 Å². The normalized spacial score (nSPS) is 17.4. The van der Waals surface area contributed by atoms with Crippen LogP contribution in [0.2, 0.25) is 0 Å². The van der Waals surface area contributed by atoms with Gasteiger partial charge in [0.15, 0.2) is 34.4 Å². The highest BCUT2D eigenvalue weighted by Gasteiger charge is 2.30. The Kier molecular flexibility index (Phi) is 24.4. The second-order valence-electron chi connectivity index (χ2n) is 32.3. The molecule has 0 saturated carbocycles. The van der Waals surface area contributed by atoms with Crippen molar-refractivity contribution in [2.45, 2.75) is 135 Å². The molecule has 6 aliphatic rings. The molecule has 30 nitrogen and oxygen atoms in total. The molecule has 3 aromatic carbocycles. The summed E-state index contributed by atoms with van der Waals surface area (Å²) in [6.07, 6.45) is 21.9. The van der Waals surface area contributed by atoms with Gasteiger partial charge in [-0.2, -0.15) is 15.0 Å². The average Bonchev–Trinajstić information content (AvgIpc) is 1.62. The number of nitrogens with one attached hydrogen (secondary N) is 3. The summed E-state index contributed by atoms with van der Waals surface area (Å²) in [5.41, 5.74) is 14.2. The van der Waals surface area contributed by atoms with Crippen molar-refractivity contribution >= 4 is 91.2 Å². The molecule has 3 aliphatic carbocycles. The van der Waals surface area contributed by atoms with E-state index >= 15 is 0 Å². The first kappa shape index (κ1) is 81.6. The Morgan fingerprint density at radius 2 is 0.793 bits per heavy atom. The number of rotatable bonds is 20. The summed E-state index contributed by atoms with van der Waals surface area (Å²) >= 11 is 0. The van der Waals surface area contributed by atoms with Gasteiger partial charge in [-0.25, -0.2) is 74.3 Å². The number of pyridine rings is 3. The second kappa shape index (κ2) is 36.2. The number of carbonyl (C=O) groups excluding carboxylic acids is 1. The third kappa shape index (κ3) is 17.3. The molecule has 18 rings (SSSR count). The largest absolute Gasteiger partial charge is 0.453 e. The molecule has 12 aromatic rings. The molecule has 0 spiro atoms. The first-order valence-electron chi connectivity index (χ1n) is 42.1. The quantitative estimate of drug-likeness (QED) is 0.0472. The van der Waals surface area contributed by atoms with Crippen molar-refractivity contribution < 1.29 is 9.53 Å². The fourth-order valence-electron chi connectivity index (χ4n) is 17.6. The molecule has 3 saturated heterocycles. The zero-order valence-electron chi connectivity index (χ0n) is 69.8. The molecular weight excluding hydrogens is 1520 g/mol. The number of piperazine rings is 2. The Labute approximate surface area is 703 Å². The number of methoxy groups -OCH3 is 1. The minimum atomic E-state index is -0.289. The summed E-state index contributed by atoms with van der Waals surface area (Å²) in [5, 5.41) is 11.2. The lowest BCUT2D eigenvalue weighted by Crippen LogP contribution is -2.48. The van der Waals surface area contributed by atoms with Crippen LogP contribution in [-0.2, 0) is 43.6 Å². The summed E-state index contributed by atoms with van der Waals surface area (Å²) in [4.78, 5) is 111. The van der Waals surface area contributed by atoms with Crippen molar-refractivity contribution in [3.8, 4) is 17.5 Å². The third-order valence-electron chi connectivity index (χ3n) is 24.2. The van der Waals surface area contributed by atoms with Crippen molar-refractivity contribution in [3.63, 3.8) is 0 Å². The lowest BCUT2D eigenvalue weighted by atomic mass is 9.88. The molecule has 12 heterocycles. The molecule has 3 N–H and O–H groups in total. The fraction of sp³-hybridized carbons (Fsp3) is 0.385. The average molecular weight is 1630 g/mol. The number of aromatic nitrogens is 15. The molecule has 3 aliphatic heterocycles. The highest BCUT2D eigenvalue weighted by molar-refractivity contribution is 5.80. The molecule has 30 heteroatoms. The number of hydrogen-bond acceptors (Lipinski definition) is 22. The van der Waals surface area contributed by atoms with Crippen molar-refractivity contribution in [2.75, 3.05) is 124 Å². The van der Waals surface area contributed by atoms with Crippen LogP contribution in [0.1, 0.15) is 124 Å². The van der Waals surface area contributed by atoms with Crippen molar-refractivity contribution in [1.82, 2.24) is 87.6 Å². The van der Waals surface area contributed by atoms with Crippen molar-refractivity contribution in [1.29, 1.82) is 0 Å². The minimum absolute atomic E-state index is 0.156. The van der Waals surface area contributed by atoms with Gasteiger partial charge in [-0.3, -0.25) is 19.2 Å². The van der Waals surface area contributed by atoms with E-state index in [0.717, 1.165) is 143 Å². The van der Waals surface area contributed by atoms with Gasteiger partial charge in [0.2, 0.25) is 17.8 Å². The summed E-state index contributed by atoms with van der Waals surface area (Å²) in [7, 11) is 5.73. The fourth-order valence-corrected chi connectivity index (χ4v) is 17.6. The number of hydrogen-bond donors (Lipinski definition) is 3. The van der Waals surface area contributed by atoms with Crippen LogP contribution in [0.4, 0.5) is 56.8 Å². The van der Waals surface area contributed by atoms with Crippen LogP contribution in [0, 0.1) is 6.57 Å². The highest BCUT2D eigenvalue weighted by Crippen LogP contribution is 2.36. The second-order valence-corrected chi connectivity index (χ2v) is 32.3. The van der Waals surface area contributed by atoms with Crippen LogP contribution in [-0.4, -0.2) is 193 Å². The standard InChI is InChI=1S/C31H38N8O.C30H33N9O.C30H34N8O3/c1-5-17-38-30(40)26-20-32-31(33-23-10-12-25(13-11-23)37-18-15-24(16-19-37)36(3)4)35-29(26)39(38)27-14-9-22-8-6-7-21(2)28(22)34-27;1-4-14-38-29(40)25-19-32-30(33-23-9-11-24(12-10-23)37-17-15-36(16-18-37)20-31-3)35-28(25)39(38)26-13-8-22-7-5-6-21(2)27(22)34-26;1-4-14-37-28(39)24-19-31-29(34-27(24)38(37)25-13-8-21-7-5-6-20(2)26(21)33-25)32-22-9-11-23(12-10-22)35-15-17-36(18-16-35)30(40)41-3/h5,9-14,20-21,24H,1,6-8,15-19H2,2-4H3,(H,32,33,35);4,8-13,19,21H,1,5-7,14-18,20H2,2H3,(H,32,33,35);4,8-13,19-20H,1,5-7,14-18H2,2-3H3,(H,31,32,34). The molecule has 0 bridgehead atoms. The number of nitrogens with zero attached hydrogens (tertiary/aromatic N) is 22. The molecule has 624 valence electrons. The van der Waals surface area contributed by atoms with Gasteiger partial charge in [0.25, 0.3) is 23.3 Å². The molecule has 3 atom stereocenters. The number of anilines is 9. The molecule has 3 unspecified atom stereocenters. The zero-order chi connectivity index (χ0) is 84.0. The van der Waals surface area contributed by atoms with E-state index < -0.39 is 0 Å². The number of fused-ring (bicyclic) bond motifs is 6. The van der Waals surface area contributed by atoms with E-state index in [4.69, 9.17) is 41.2 Å². The van der Waals surface area contributed by atoms with Gasteiger partial charge in [0.05, 0.1) is 26.7 Å². The molecule has 3 fully saturated rings. The van der Waals surface area contributed by atoms with Crippen LogP contribution in [0.25, 0.3) is 55.4 Å². The summed E-state index contributed by atoms with van der Waals surface area (Å²) in [6, 6.07) is 37.6. The van der Waals surface area contributed by atoms with E-state index in [2.05, 4.69) is 169 Å². The van der Waals surface area contributed by atoms with Crippen LogP contribution in [0.5, 0.6) is 0 Å². The number of aryl methyl sites for hydroxylation is 3. The number of ether oxygens (including phenoxy) is 1. The number of carbonyl (C=O) groups is 1. The molecule has 9 aromatic heterocycles. The maximum absolute atomic E-state index is 13.3. The number of benzene rings is 3. The predicted octanol–water partition coefficient (Wildman–Crippen LogP) is 13.5. The molecule has 1 amide bonds. The van der Waals surface area contributed by atoms with Gasteiger partial charge >= 0.3 is 6.09 Å². The smallest absolute Gasteiger partial charge is 0.409 e. The number of piperidine rings is 1. The minimum Gasteiger partial charge on any atom is -0.453 e. The van der Waals surface area contributed by atoms with Gasteiger partial charge in [0, 0.05) is 141 Å². The summed E-state index contributed by atoms with van der Waals surface area (Å²) < 4.78 is 15.1. The first-order valence-corrected chi connectivity index (χ1v) is 42.1. The maximum atomic E-state index is 13.3. The van der Waals surface area contributed by atoms with E-state index in [1.807, 2.05) is 59.3 Å². The number of allylic oxidation sites excluding steroid dienone is 3. The van der Waals surface area contributed by atoms with Crippen LogP contribution in [0.3, 0.4) is 0 Å². The van der Waals surface area contributed by atoms with Crippen LogP contribution in [0.15, 0.2) is 180 Å². The zero-order valence-corrected chi connectivity index (χ0v) is 69.8. The van der Waals surface area contributed by atoms with Gasteiger partial charge in [-0.1, -0.05) is 57.2 Å². The van der Waals surface area contributed by atoms with Crippen LogP contribution >= 0.6 is 0 Å². The Balaban J connectivity index is 0.000000135. The Morgan fingerprint density at radius 1 is 0.463 bits per heavy atom. The van der Waals surface area contributed by atoms with Gasteiger partial charge in [-0.05, 0) is 210 Å². The molecule has 121 heavy (non-hydrogen) atoms. The molecule has 0 radical (unpaired) electrons. The summed E-state index contributed by atoms with van der Waals surface area (Å²) in [5.74, 6) is 4.38. The van der Waals surface area contributed by atoms with Gasteiger partial charge in [0.1, 0.15) is 16.2 Å². The van der Waals surface area contributed by atoms with E-state index in [9.17, 15) is 19.2 Å². The molecular formula is C91H105N25O5. The van der Waals surface area contributed by atoms with E-state index in [1.165, 1.54) is 55.2 Å². The van der Waals surface area contributed by atoms with E-state index in [1.54, 1.807) is 65.1 Å². The predicted molar refractivity (Wildman–Crippen MR) is 477 cm³/mol. The highest BCUT2D eigenvalue weighted by atomic mass is 16.5. The van der Waals surface area contributed by atoms with Crippen molar-refractivity contribution in [2.24, 2.45) is 0 Å². The lowest BCUT2D eigenvalue weighted by Gasteiger charge is -2.36. The Morgan fingerprint density at radius 3 is 1.11 bits per heavy atom. The van der Waals surface area contributed by atoms with Gasteiger partial charge in [-0.15, -0.1) is 19.7 Å². The first-order chi connectivity index (χ1) is 58.9. The van der Waals surface area contributed by atoms with Crippen LogP contribution < -0.4 is 47.3 Å². The maximum Gasteiger partial charge on any atom is 0.409 e. The Hall–Kier alpha value is -13.1. The SMILES string of the molecule is C=CCn1c(=O)c2cnc(Nc3ccc(N4CCC(N(C)C)CC4)cc3)nc2n1-c1ccc2c(n1)C(C)CCC2.C=CCn1c(=O)c2cnc(Nc3ccc(N4CCN(C(=O)OC)CC4)cc3)nc2n1-c1ccc2c(n1)C(C)CCC2.[C-]#[N+]CN1CCN(c2ccc(Nc3ncc4c(=O)n(CC=C)n(-c5ccc6c(n5)C(C)CCC6)c4n3)cc2)CC1. The summed E-state index contributed by atoms with van der Waals surface area (Å²) in [6.45, 7) is 35.1.